The molecule has 13 heterocycles. The molecule has 5 saturated heterocycles. The molecular weight excluding hydrogens is 2140 g/mol. The maximum Gasteiger partial charge on any atom is 0.410 e. The minimum absolute atomic E-state index is 0.00942. The lowest BCUT2D eigenvalue weighted by Gasteiger charge is -2.41. The number of nitrogens with zero attached hydrogens (tertiary/aromatic N) is 14. The van der Waals surface area contributed by atoms with E-state index in [9.17, 15) is 51.6 Å². The Morgan fingerprint density at radius 2 is 0.726 bits per heavy atom. The molecule has 34 nitrogen and oxygen atoms in total. The summed E-state index contributed by atoms with van der Waals surface area (Å²) in [6.45, 7) is 30.8. The van der Waals surface area contributed by atoms with Crippen molar-refractivity contribution in [2.24, 2.45) is 0 Å². The summed E-state index contributed by atoms with van der Waals surface area (Å²) in [5.41, 5.74) is 13.4. The van der Waals surface area contributed by atoms with E-state index < -0.39 is 21.7 Å². The lowest BCUT2D eigenvalue weighted by molar-refractivity contribution is -0.136. The number of amides is 11. The molecule has 0 aliphatic carbocycles. The fraction of sp³-hybridized carbons (Fsp3) is 0.535. The summed E-state index contributed by atoms with van der Waals surface area (Å²) in [4.78, 5) is 159. The van der Waals surface area contributed by atoms with Gasteiger partial charge < -0.3 is 65.2 Å². The van der Waals surface area contributed by atoms with Crippen molar-refractivity contribution in [1.82, 2.24) is 96.3 Å². The van der Waals surface area contributed by atoms with Gasteiger partial charge in [0.2, 0.25) is 11.8 Å². The zero-order valence-electron chi connectivity index (χ0n) is 83.8. The number of nitriles is 1. The van der Waals surface area contributed by atoms with Gasteiger partial charge in [-0.05, 0) is 282 Å². The first-order chi connectivity index (χ1) is 69.6. The number of aromatic nitrogens is 4. The van der Waals surface area contributed by atoms with Gasteiger partial charge in [0, 0.05) is 159 Å². The molecule has 5 aliphatic heterocycles. The van der Waals surface area contributed by atoms with Crippen molar-refractivity contribution in [1.29, 1.82) is 5.26 Å². The van der Waals surface area contributed by atoms with Crippen LogP contribution in [0.15, 0.2) is 91.6 Å². The molecule has 0 radical (unpaired) electrons. The zero-order chi connectivity index (χ0) is 106. The Morgan fingerprint density at radius 3 is 0.979 bits per heavy atom. The van der Waals surface area contributed by atoms with Gasteiger partial charge in [-0.3, -0.25) is 43.3 Å². The Bertz CT molecular complexity index is 5680. The van der Waals surface area contributed by atoms with E-state index in [1.54, 1.807) is 107 Å². The average Bonchev–Trinajstić information content (AvgIpc) is 0.932. The number of piperidine rings is 4. The van der Waals surface area contributed by atoms with Gasteiger partial charge in [0.15, 0.2) is 16.4 Å². The number of carbonyl (C=O) groups is 9. The van der Waals surface area contributed by atoms with Gasteiger partial charge in [-0.1, -0.05) is 92.8 Å². The first-order valence-electron chi connectivity index (χ1n) is 48.5. The predicted molar refractivity (Wildman–Crippen MR) is 577 cm³/mol. The van der Waals surface area contributed by atoms with E-state index >= 15 is 0 Å². The molecule has 146 heavy (non-hydrogen) atoms. The SMILES string of the molecule is Cc1cc(Cl)nc(Cl)c1C(=O)NCC[C@@H](C)N1CCC(N(Cc2ccsc2)C(=O)CN2CCOC2=O)CC1.Cc1cc(Cl)nc(Cl)c1C(=O)NCC[C@@H](C)N1CCC(N(Cc2ccsc2)C(=O)CS(C)(=O)=O)CC1.Cc1cc(Cl)nc(Cl)c1C(=O)NCC[C@@H](C)N1CCC(N(Cc2ccsc2)C(=O)NOC(C)C)CC1.Cc1cc(Cl)nc(Cl)c1C(=O)NCC[C@@H](C)N1CCC(N(Cc2ccsc2)C(=O)NOCC#N)CC1. The summed E-state index contributed by atoms with van der Waals surface area (Å²) < 4.78 is 28.5. The predicted octanol–water partition coefficient (Wildman–Crippen LogP) is 17.7. The zero-order valence-corrected chi connectivity index (χ0v) is 93.9. The summed E-state index contributed by atoms with van der Waals surface area (Å²) in [7, 11) is -3.41. The number of pyridine rings is 4. The van der Waals surface area contributed by atoms with Gasteiger partial charge in [-0.2, -0.15) is 50.6 Å². The Labute approximate surface area is 911 Å². The number of rotatable bonds is 40. The van der Waals surface area contributed by atoms with Crippen LogP contribution >= 0.6 is 138 Å². The number of hydrogen-bond acceptors (Lipinski definition) is 27. The molecule has 0 saturated carbocycles. The molecule has 5 aliphatic rings. The molecule has 0 unspecified atom stereocenters. The smallest absolute Gasteiger partial charge is 0.410 e. The molecule has 0 aromatic carbocycles. The van der Waals surface area contributed by atoms with Crippen LogP contribution in [0.25, 0.3) is 0 Å². The van der Waals surface area contributed by atoms with Crippen LogP contribution in [-0.4, -0.2) is 297 Å². The number of sulfone groups is 1. The Hall–Kier alpha value is -8.45. The highest BCUT2D eigenvalue weighted by Gasteiger charge is 2.38. The van der Waals surface area contributed by atoms with Gasteiger partial charge in [0.25, 0.3) is 23.6 Å². The second-order valence-corrected chi connectivity index (χ2v) is 45.5. The second kappa shape index (κ2) is 59.4. The standard InChI is InChI=1S/C26H33Cl2N5O4S.C25H35Cl2N5O3S.C24H30Cl2N6O3S.C24H32Cl2N4O4S2/c1-17-13-21(27)30-24(28)23(17)25(35)29-7-3-18(2)31-8-4-20(5-9-31)33(14-19-6-12-38-16-19)22(34)15-32-10-11-37-26(32)36;1-16(2)35-30-25(34)32(14-19-8-12-36-15-19)20-6-10-31(11-7-20)18(4)5-9-28-24(33)22-17(3)13-21(26)29-23(22)27;1-16-13-20(25)29-22(26)21(16)23(33)28-8-3-17(2)31-9-4-19(5-10-31)32(14-18-6-12-36-15-18)24(34)30-35-11-7-27;1-16-12-20(25)28-23(26)22(16)24(32)27-8-4-17(2)29-9-5-19(6-10-29)30(13-18-7-11-35-14-18)21(31)15-36(3,33)34/h6,12-13,16,18,20H,3-5,7-11,14-15H2,1-2H3,(H,29,35);8,12-13,15-16,18,20H,5-7,9-11,14H2,1-4H3,(H,28,33)(H,30,34);6,12-13,15,17,19H,3-5,8-11,14H2,1-2H3,(H,28,33)(H,30,34);7,11-12,14,17,19H,4-6,8-10,13,15H2,1-3H3,(H,27,32)/t2*18-;2*17-/m1111/s1. The maximum absolute atomic E-state index is 13.3. The van der Waals surface area contributed by atoms with Crippen LogP contribution in [0.1, 0.15) is 205 Å². The number of hydrogen-bond donors (Lipinski definition) is 6. The van der Waals surface area contributed by atoms with E-state index in [2.05, 4.69) is 116 Å². The highest BCUT2D eigenvalue weighted by molar-refractivity contribution is 7.91. The molecule has 5 fully saturated rings. The lowest BCUT2D eigenvalue weighted by atomic mass is 10.00. The average molecular weight is 2270 g/mol. The Morgan fingerprint density at radius 1 is 0.445 bits per heavy atom. The van der Waals surface area contributed by atoms with Crippen LogP contribution in [-0.2, 0) is 60.0 Å². The fourth-order valence-corrected chi connectivity index (χ4v) is 23.9. The molecule has 8 aromatic rings. The summed E-state index contributed by atoms with van der Waals surface area (Å²) in [5, 5.41) is 38.0. The first-order valence-corrected chi connectivity index (χ1v) is 57.4. The molecule has 4 atom stereocenters. The monoisotopic (exact) mass is 2260 g/mol. The summed E-state index contributed by atoms with van der Waals surface area (Å²) in [6, 6.07) is 17.1. The molecule has 8 aromatic heterocycles. The van der Waals surface area contributed by atoms with Crippen molar-refractivity contribution >= 4 is 202 Å². The van der Waals surface area contributed by atoms with Gasteiger partial charge in [0.05, 0.1) is 41.0 Å². The van der Waals surface area contributed by atoms with E-state index in [4.69, 9.17) is 112 Å². The third-order valence-electron chi connectivity index (χ3n) is 26.2. The largest absolute Gasteiger partial charge is 0.448 e. The number of halogens is 8. The van der Waals surface area contributed by atoms with Crippen LogP contribution in [0.2, 0.25) is 41.2 Å². The minimum atomic E-state index is -3.41. The van der Waals surface area contributed by atoms with Gasteiger partial charge in [-0.25, -0.2) is 53.7 Å². The van der Waals surface area contributed by atoms with Gasteiger partial charge in [0.1, 0.15) is 60.1 Å². The second-order valence-electron chi connectivity index (χ2n) is 37.2. The molecule has 11 amide bonds. The normalized spacial score (nSPS) is 16.1. The van der Waals surface area contributed by atoms with E-state index in [0.29, 0.717) is 110 Å². The van der Waals surface area contributed by atoms with Crippen LogP contribution in [0, 0.1) is 39.0 Å². The van der Waals surface area contributed by atoms with Crippen molar-refractivity contribution < 1.29 is 66.0 Å². The van der Waals surface area contributed by atoms with Crippen LogP contribution < -0.4 is 32.2 Å². The van der Waals surface area contributed by atoms with Crippen molar-refractivity contribution in [2.75, 3.05) is 117 Å². The maximum atomic E-state index is 13.3. The van der Waals surface area contributed by atoms with E-state index in [1.807, 2.05) is 80.2 Å². The molecule has 0 bridgehead atoms. The van der Waals surface area contributed by atoms with Crippen LogP contribution in [0.4, 0.5) is 14.4 Å². The fourth-order valence-electron chi connectivity index (χ4n) is 18.1. The molecule has 796 valence electrons. The highest BCUT2D eigenvalue weighted by Crippen LogP contribution is 2.32. The molecule has 0 spiro atoms. The molecule has 47 heteroatoms. The van der Waals surface area contributed by atoms with Crippen molar-refractivity contribution in [3.8, 4) is 6.07 Å². The quantitative estimate of drug-likeness (QED) is 0.0118. The summed E-state index contributed by atoms with van der Waals surface area (Å²) >= 11 is 54.5. The number of carbonyl (C=O) groups excluding carboxylic acids is 9. The van der Waals surface area contributed by atoms with Crippen LogP contribution in [0.3, 0.4) is 0 Å². The number of likely N-dealkylation sites (tertiary alicyclic amines) is 4. The summed E-state index contributed by atoms with van der Waals surface area (Å²) in [5.74, 6) is -1.90. The molecule has 6 N–H and O–H groups in total. The number of nitrogens with one attached hydrogen (secondary N) is 6. The highest BCUT2D eigenvalue weighted by atomic mass is 35.5. The topological polar surface area (TPSA) is 392 Å². The Balaban J connectivity index is 0.000000200. The third kappa shape index (κ3) is 37.3. The van der Waals surface area contributed by atoms with E-state index in [0.717, 1.165) is 158 Å². The van der Waals surface area contributed by atoms with E-state index in [-0.39, 0.29) is 156 Å². The van der Waals surface area contributed by atoms with Crippen LogP contribution in [0.5, 0.6) is 0 Å². The number of aryl methyl sites for hydroxylation is 4. The van der Waals surface area contributed by atoms with Gasteiger partial charge >= 0.3 is 18.2 Å². The minimum Gasteiger partial charge on any atom is -0.448 e. The number of hydroxylamine groups is 2. The van der Waals surface area contributed by atoms with E-state index in [1.165, 1.54) is 4.90 Å². The Kier molecular flexibility index (Phi) is 48.6. The van der Waals surface area contributed by atoms with Gasteiger partial charge in [-0.15, -0.1) is 0 Å². The molecular formula is C99H130Cl8N20O14S5. The first kappa shape index (κ1) is 119. The molecule has 13 rings (SSSR count). The lowest BCUT2D eigenvalue weighted by Crippen LogP contribution is -2.52. The van der Waals surface area contributed by atoms with Crippen molar-refractivity contribution in [3.05, 3.63) is 200 Å². The summed E-state index contributed by atoms with van der Waals surface area (Å²) in [6.07, 6.45) is 10.3. The van der Waals surface area contributed by atoms with Crippen molar-refractivity contribution in [3.63, 3.8) is 0 Å². The van der Waals surface area contributed by atoms with Crippen molar-refractivity contribution in [2.45, 2.75) is 227 Å². The number of cyclic esters (lactones) is 1. The number of ether oxygens (including phenoxy) is 1. The number of urea groups is 2. The third-order valence-corrected chi connectivity index (χ3v) is 31.8. The number of thiophene rings is 4.